The van der Waals surface area contributed by atoms with E-state index in [0.717, 1.165) is 12.8 Å². The summed E-state index contributed by atoms with van der Waals surface area (Å²) in [5, 5.41) is 12.7. The number of aliphatic hydroxyl groups is 1. The molecule has 1 heteroatoms. The van der Waals surface area contributed by atoms with Crippen molar-refractivity contribution in [3.8, 4) is 0 Å². The minimum absolute atomic E-state index is 0.148. The molecule has 1 N–H and O–H groups in total. The molecule has 1 aliphatic carbocycles. The van der Waals surface area contributed by atoms with Gasteiger partial charge in [-0.2, -0.15) is 0 Å². The first-order chi connectivity index (χ1) is 8.34. The molecule has 3 rings (SSSR count). The lowest BCUT2D eigenvalue weighted by atomic mass is 9.81. The summed E-state index contributed by atoms with van der Waals surface area (Å²) >= 11 is 0. The molecule has 17 heavy (non-hydrogen) atoms. The Morgan fingerprint density at radius 1 is 0.882 bits per heavy atom. The Kier molecular flexibility index (Phi) is 2.86. The largest absolute Gasteiger partial charge is 0.392 e. The maximum Gasteiger partial charge on any atom is 0.0608 e. The van der Waals surface area contributed by atoms with Crippen LogP contribution in [0.5, 0.6) is 0 Å². The number of hydrogen-bond donors (Lipinski definition) is 1. The maximum atomic E-state index is 10.1. The predicted molar refractivity (Wildman–Crippen MR) is 71.2 cm³/mol. The van der Waals surface area contributed by atoms with Crippen LogP contribution in [0.25, 0.3) is 10.8 Å². The number of aliphatic hydroxyl groups excluding tert-OH is 1. The first-order valence-electron chi connectivity index (χ1n) is 6.51. The SMILES string of the molecule is O[C@H]1CCCC[C@@H]1c1ccc2ccccc2c1. The standard InChI is InChI=1S/C16H18O/c17-16-8-4-3-7-15(16)14-10-9-12-5-1-2-6-13(12)11-14/h1-2,5-6,9-11,15-17H,3-4,7-8H2/t15-,16+/m1/s1. The van der Waals surface area contributed by atoms with E-state index in [1.165, 1.54) is 29.2 Å². The molecule has 1 fully saturated rings. The molecule has 1 saturated carbocycles. The zero-order chi connectivity index (χ0) is 11.7. The second-order valence-corrected chi connectivity index (χ2v) is 5.06. The highest BCUT2D eigenvalue weighted by molar-refractivity contribution is 5.83. The molecule has 1 nitrogen and oxygen atoms in total. The van der Waals surface area contributed by atoms with E-state index < -0.39 is 0 Å². The van der Waals surface area contributed by atoms with Gasteiger partial charge in [0, 0.05) is 5.92 Å². The van der Waals surface area contributed by atoms with Crippen LogP contribution in [0, 0.1) is 0 Å². The highest BCUT2D eigenvalue weighted by Crippen LogP contribution is 2.34. The normalized spacial score (nSPS) is 25.0. The molecular weight excluding hydrogens is 208 g/mol. The molecule has 2 aromatic carbocycles. The zero-order valence-electron chi connectivity index (χ0n) is 9.97. The van der Waals surface area contributed by atoms with E-state index >= 15 is 0 Å². The van der Waals surface area contributed by atoms with Gasteiger partial charge in [0.05, 0.1) is 6.10 Å². The van der Waals surface area contributed by atoms with Crippen LogP contribution in [-0.2, 0) is 0 Å². The summed E-state index contributed by atoms with van der Waals surface area (Å²) in [6.45, 7) is 0. The van der Waals surface area contributed by atoms with Crippen molar-refractivity contribution in [1.82, 2.24) is 0 Å². The highest BCUT2D eigenvalue weighted by Gasteiger charge is 2.24. The van der Waals surface area contributed by atoms with Crippen LogP contribution in [-0.4, -0.2) is 11.2 Å². The van der Waals surface area contributed by atoms with Gasteiger partial charge < -0.3 is 5.11 Å². The third kappa shape index (κ3) is 2.07. The van der Waals surface area contributed by atoms with Crippen molar-refractivity contribution < 1.29 is 5.11 Å². The summed E-state index contributed by atoms with van der Waals surface area (Å²) in [6, 6.07) is 15.0. The van der Waals surface area contributed by atoms with Gasteiger partial charge in [-0.3, -0.25) is 0 Å². The van der Waals surface area contributed by atoms with Gasteiger partial charge in [0.1, 0.15) is 0 Å². The van der Waals surface area contributed by atoms with Gasteiger partial charge in [-0.1, -0.05) is 55.3 Å². The van der Waals surface area contributed by atoms with E-state index in [1.807, 2.05) is 0 Å². The van der Waals surface area contributed by atoms with Crippen molar-refractivity contribution in [3.05, 3.63) is 48.0 Å². The van der Waals surface area contributed by atoms with E-state index in [-0.39, 0.29) is 6.10 Å². The average Bonchev–Trinajstić information content (AvgIpc) is 2.39. The minimum atomic E-state index is -0.148. The first kappa shape index (κ1) is 10.8. The topological polar surface area (TPSA) is 20.2 Å². The Balaban J connectivity index is 1.99. The number of benzene rings is 2. The van der Waals surface area contributed by atoms with Crippen LogP contribution in [0.2, 0.25) is 0 Å². The van der Waals surface area contributed by atoms with Crippen molar-refractivity contribution >= 4 is 10.8 Å². The van der Waals surface area contributed by atoms with Gasteiger partial charge in [-0.25, -0.2) is 0 Å². The molecule has 2 atom stereocenters. The Hall–Kier alpha value is -1.34. The monoisotopic (exact) mass is 226 g/mol. The molecule has 0 aliphatic heterocycles. The lowest BCUT2D eigenvalue weighted by Gasteiger charge is -2.28. The maximum absolute atomic E-state index is 10.1. The molecule has 0 spiro atoms. The van der Waals surface area contributed by atoms with E-state index in [0.29, 0.717) is 5.92 Å². The highest BCUT2D eigenvalue weighted by atomic mass is 16.3. The van der Waals surface area contributed by atoms with E-state index in [1.54, 1.807) is 0 Å². The van der Waals surface area contributed by atoms with Crippen LogP contribution < -0.4 is 0 Å². The third-order valence-corrected chi connectivity index (χ3v) is 3.93. The Morgan fingerprint density at radius 2 is 1.65 bits per heavy atom. The molecule has 0 heterocycles. The summed E-state index contributed by atoms with van der Waals surface area (Å²) in [7, 11) is 0. The van der Waals surface area contributed by atoms with Crippen molar-refractivity contribution in [3.63, 3.8) is 0 Å². The average molecular weight is 226 g/mol. The van der Waals surface area contributed by atoms with Crippen molar-refractivity contribution in [2.45, 2.75) is 37.7 Å². The van der Waals surface area contributed by atoms with Gasteiger partial charge in [0.2, 0.25) is 0 Å². The van der Waals surface area contributed by atoms with Crippen molar-refractivity contribution in [2.24, 2.45) is 0 Å². The minimum Gasteiger partial charge on any atom is -0.392 e. The molecule has 0 unspecified atom stereocenters. The van der Waals surface area contributed by atoms with Crippen LogP contribution in [0.15, 0.2) is 42.5 Å². The second kappa shape index (κ2) is 4.50. The number of fused-ring (bicyclic) bond motifs is 1. The van der Waals surface area contributed by atoms with Gasteiger partial charge in [-0.05, 0) is 29.2 Å². The van der Waals surface area contributed by atoms with E-state index in [9.17, 15) is 5.11 Å². The quantitative estimate of drug-likeness (QED) is 0.783. The Morgan fingerprint density at radius 3 is 2.47 bits per heavy atom. The molecule has 0 saturated heterocycles. The molecule has 0 radical (unpaired) electrons. The van der Waals surface area contributed by atoms with Crippen molar-refractivity contribution in [2.75, 3.05) is 0 Å². The smallest absolute Gasteiger partial charge is 0.0608 e. The molecule has 1 aliphatic rings. The zero-order valence-corrected chi connectivity index (χ0v) is 9.97. The van der Waals surface area contributed by atoms with Gasteiger partial charge >= 0.3 is 0 Å². The molecule has 0 bridgehead atoms. The fraction of sp³-hybridized carbons (Fsp3) is 0.375. The van der Waals surface area contributed by atoms with E-state index in [2.05, 4.69) is 42.5 Å². The number of hydrogen-bond acceptors (Lipinski definition) is 1. The van der Waals surface area contributed by atoms with Crippen LogP contribution in [0.4, 0.5) is 0 Å². The van der Waals surface area contributed by atoms with Gasteiger partial charge in [0.15, 0.2) is 0 Å². The summed E-state index contributed by atoms with van der Waals surface area (Å²) in [6.07, 6.45) is 4.35. The Bertz CT molecular complexity index is 518. The summed E-state index contributed by atoms with van der Waals surface area (Å²) in [4.78, 5) is 0. The summed E-state index contributed by atoms with van der Waals surface area (Å²) < 4.78 is 0. The van der Waals surface area contributed by atoms with Gasteiger partial charge in [-0.15, -0.1) is 0 Å². The van der Waals surface area contributed by atoms with Crippen LogP contribution >= 0.6 is 0 Å². The van der Waals surface area contributed by atoms with Crippen LogP contribution in [0.3, 0.4) is 0 Å². The molecule has 0 amide bonds. The van der Waals surface area contributed by atoms with Gasteiger partial charge in [0.25, 0.3) is 0 Å². The molecule has 2 aromatic rings. The Labute approximate surface area is 102 Å². The van der Waals surface area contributed by atoms with Crippen molar-refractivity contribution in [1.29, 1.82) is 0 Å². The first-order valence-corrected chi connectivity index (χ1v) is 6.51. The predicted octanol–water partition coefficient (Wildman–Crippen LogP) is 3.86. The molecule has 0 aromatic heterocycles. The molecule has 88 valence electrons. The lowest BCUT2D eigenvalue weighted by Crippen LogP contribution is -2.22. The summed E-state index contributed by atoms with van der Waals surface area (Å²) in [5.41, 5.74) is 1.30. The number of rotatable bonds is 1. The summed E-state index contributed by atoms with van der Waals surface area (Å²) in [5.74, 6) is 0.341. The van der Waals surface area contributed by atoms with Crippen LogP contribution in [0.1, 0.15) is 37.2 Å². The third-order valence-electron chi connectivity index (χ3n) is 3.93. The van der Waals surface area contributed by atoms with E-state index in [4.69, 9.17) is 0 Å². The lowest BCUT2D eigenvalue weighted by molar-refractivity contribution is 0.106. The fourth-order valence-corrected chi connectivity index (χ4v) is 2.94. The second-order valence-electron chi connectivity index (χ2n) is 5.06. The molecular formula is C16H18O. The fourth-order valence-electron chi connectivity index (χ4n) is 2.94.